The van der Waals surface area contributed by atoms with E-state index >= 15 is 0 Å². The number of aromatic nitrogens is 3. The number of ether oxygens (including phenoxy) is 1. The summed E-state index contributed by atoms with van der Waals surface area (Å²) < 4.78 is 73.7. The lowest BCUT2D eigenvalue weighted by molar-refractivity contribution is -0.214. The fourth-order valence-corrected chi connectivity index (χ4v) is 3.54. The van der Waals surface area contributed by atoms with E-state index in [0.717, 1.165) is 18.7 Å². The smallest absolute Gasteiger partial charge is 0.382 e. The molecule has 0 aromatic carbocycles. The molecule has 3 heterocycles. The number of rotatable bonds is 8. The van der Waals surface area contributed by atoms with Crippen molar-refractivity contribution in [2.75, 3.05) is 26.8 Å². The molecule has 184 valence electrons. The van der Waals surface area contributed by atoms with Crippen molar-refractivity contribution in [1.29, 1.82) is 0 Å². The molecular weight excluding hydrogens is 451 g/mol. The zero-order valence-electron chi connectivity index (χ0n) is 18.5. The largest absolute Gasteiger partial charge is 0.393 e. The molecule has 2 atom stereocenters. The van der Waals surface area contributed by atoms with Crippen molar-refractivity contribution in [1.82, 2.24) is 24.8 Å². The number of imidazole rings is 1. The highest BCUT2D eigenvalue weighted by molar-refractivity contribution is 5.76. The molecule has 0 radical (unpaired) electrons. The number of halogens is 5. The molecule has 13 heteroatoms. The van der Waals surface area contributed by atoms with Crippen molar-refractivity contribution in [3.63, 3.8) is 0 Å². The second-order valence-electron chi connectivity index (χ2n) is 8.90. The molecule has 0 spiro atoms. The summed E-state index contributed by atoms with van der Waals surface area (Å²) in [5.74, 6) is -3.10. The highest BCUT2D eigenvalue weighted by Gasteiger charge is 2.47. The van der Waals surface area contributed by atoms with Gasteiger partial charge in [0, 0.05) is 18.7 Å². The van der Waals surface area contributed by atoms with Gasteiger partial charge in [-0.05, 0) is 18.9 Å². The Hall–Kier alpha value is -2.54. The van der Waals surface area contributed by atoms with Crippen molar-refractivity contribution >= 4 is 11.7 Å². The van der Waals surface area contributed by atoms with Crippen LogP contribution in [0.3, 0.4) is 0 Å². The van der Waals surface area contributed by atoms with Gasteiger partial charge in [-0.25, -0.2) is 23.1 Å². The van der Waals surface area contributed by atoms with Gasteiger partial charge in [-0.1, -0.05) is 13.8 Å². The number of amides is 2. The maximum Gasteiger partial charge on any atom is 0.393 e. The van der Waals surface area contributed by atoms with E-state index in [-0.39, 0.29) is 19.4 Å². The number of alkyl halides is 5. The second-order valence-corrected chi connectivity index (χ2v) is 8.90. The van der Waals surface area contributed by atoms with Crippen LogP contribution in [-0.4, -0.2) is 64.4 Å². The van der Waals surface area contributed by atoms with Gasteiger partial charge < -0.3 is 20.7 Å². The average Bonchev–Trinajstić information content (AvgIpc) is 3.15. The van der Waals surface area contributed by atoms with Gasteiger partial charge >= 0.3 is 12.2 Å². The average molecular weight is 478 g/mol. The van der Waals surface area contributed by atoms with Crippen molar-refractivity contribution in [3.05, 3.63) is 29.7 Å². The molecule has 8 nitrogen and oxygen atoms in total. The molecule has 1 aliphatic heterocycles. The summed E-state index contributed by atoms with van der Waals surface area (Å²) in [6.45, 7) is 0.658. The van der Waals surface area contributed by atoms with Gasteiger partial charge in [0.1, 0.15) is 0 Å². The minimum absolute atomic E-state index is 0.0541. The number of nitrogens with two attached hydrogens (primary N) is 1. The van der Waals surface area contributed by atoms with Gasteiger partial charge in [-0.15, -0.1) is 0 Å². The van der Waals surface area contributed by atoms with Crippen molar-refractivity contribution in [2.24, 2.45) is 11.1 Å². The normalized spacial score (nSPS) is 18.9. The van der Waals surface area contributed by atoms with E-state index in [1.54, 1.807) is 6.07 Å². The molecule has 0 saturated carbocycles. The van der Waals surface area contributed by atoms with Crippen LogP contribution in [0, 0.1) is 5.41 Å². The van der Waals surface area contributed by atoms with Gasteiger partial charge in [-0.2, -0.15) is 18.3 Å². The summed E-state index contributed by atoms with van der Waals surface area (Å²) in [7, 11) is 1.38. The minimum atomic E-state index is -4.35. The zero-order chi connectivity index (χ0) is 24.6. The Morgan fingerprint density at radius 1 is 1.33 bits per heavy atom. The van der Waals surface area contributed by atoms with Crippen LogP contribution in [0.5, 0.6) is 0 Å². The van der Waals surface area contributed by atoms with Crippen LogP contribution in [0.2, 0.25) is 0 Å². The van der Waals surface area contributed by atoms with Crippen LogP contribution in [0.25, 0.3) is 5.65 Å². The molecule has 2 aromatic heterocycles. The van der Waals surface area contributed by atoms with Gasteiger partial charge in [0.15, 0.2) is 5.65 Å². The highest BCUT2D eigenvalue weighted by Crippen LogP contribution is 2.42. The molecule has 2 aromatic rings. The number of fused-ring (bicyclic) bond motifs is 1. The van der Waals surface area contributed by atoms with Gasteiger partial charge in [-0.3, -0.25) is 0 Å². The first-order chi connectivity index (χ1) is 15.2. The van der Waals surface area contributed by atoms with E-state index in [1.165, 1.54) is 24.0 Å². The SMILES string of the molecule is COC[C@H](c1cnn2cc([C@H](N)CCC(C)(C)C(F)(F)F)nc2c1)N1CC(F)(F)CNC1=O. The third-order valence-corrected chi connectivity index (χ3v) is 5.83. The van der Waals surface area contributed by atoms with Crippen LogP contribution in [-0.2, 0) is 4.74 Å². The summed E-state index contributed by atoms with van der Waals surface area (Å²) >= 11 is 0. The molecule has 1 saturated heterocycles. The second kappa shape index (κ2) is 9.01. The molecule has 0 bridgehead atoms. The maximum atomic E-state index is 13.9. The third kappa shape index (κ3) is 5.52. The standard InChI is InChI=1S/C20H27F5N6O2/c1-18(2,20(23,24)25)5-4-13(26)14-8-31-16(29-14)6-12(7-28-31)15(9-33-3)30-11-19(21,22)10-27-17(30)32/h6-8,13,15H,4-5,9-11,26H2,1-3H3,(H,27,32)/t13-,15-/m1/s1. The molecule has 33 heavy (non-hydrogen) atoms. The molecule has 1 fully saturated rings. The summed E-state index contributed by atoms with van der Waals surface area (Å²) in [6, 6.07) is -0.688. The maximum absolute atomic E-state index is 13.9. The molecule has 2 amide bonds. The minimum Gasteiger partial charge on any atom is -0.382 e. The van der Waals surface area contributed by atoms with Crippen LogP contribution < -0.4 is 11.1 Å². The van der Waals surface area contributed by atoms with Crippen molar-refractivity contribution < 1.29 is 31.5 Å². The first-order valence-electron chi connectivity index (χ1n) is 10.3. The van der Waals surface area contributed by atoms with E-state index in [1.807, 2.05) is 0 Å². The quantitative estimate of drug-likeness (QED) is 0.567. The number of urea groups is 1. The predicted molar refractivity (Wildman–Crippen MR) is 109 cm³/mol. The third-order valence-electron chi connectivity index (χ3n) is 5.83. The number of hydrogen-bond acceptors (Lipinski definition) is 5. The predicted octanol–water partition coefficient (Wildman–Crippen LogP) is 3.45. The number of nitrogens with one attached hydrogen (secondary N) is 1. The first-order valence-corrected chi connectivity index (χ1v) is 10.3. The number of carbonyl (C=O) groups excluding carboxylic acids is 1. The molecule has 0 aliphatic carbocycles. The fourth-order valence-electron chi connectivity index (χ4n) is 3.54. The summed E-state index contributed by atoms with van der Waals surface area (Å²) in [5.41, 5.74) is 5.28. The summed E-state index contributed by atoms with van der Waals surface area (Å²) in [6.07, 6.45) is -1.56. The number of hydrogen-bond donors (Lipinski definition) is 2. The highest BCUT2D eigenvalue weighted by atomic mass is 19.4. The number of nitrogens with zero attached hydrogens (tertiary/aromatic N) is 4. The molecule has 3 rings (SSSR count). The van der Waals surface area contributed by atoms with E-state index in [9.17, 15) is 26.7 Å². The first kappa shape index (κ1) is 25.1. The Morgan fingerprint density at radius 2 is 2.03 bits per heavy atom. The Labute approximate surface area is 187 Å². The number of carbonyl (C=O) groups is 1. The van der Waals surface area contributed by atoms with E-state index < -0.39 is 48.7 Å². The summed E-state index contributed by atoms with van der Waals surface area (Å²) in [4.78, 5) is 17.6. The Balaban J connectivity index is 1.82. The van der Waals surface area contributed by atoms with E-state index in [4.69, 9.17) is 10.5 Å². The lowest BCUT2D eigenvalue weighted by Gasteiger charge is -2.38. The zero-order valence-corrected chi connectivity index (χ0v) is 18.5. The van der Waals surface area contributed by atoms with E-state index in [0.29, 0.717) is 16.9 Å². The monoisotopic (exact) mass is 478 g/mol. The van der Waals surface area contributed by atoms with Gasteiger partial charge in [0.05, 0.1) is 49.2 Å². The van der Waals surface area contributed by atoms with Crippen molar-refractivity contribution in [2.45, 2.75) is 50.9 Å². The fraction of sp³-hybridized carbons (Fsp3) is 0.650. The summed E-state index contributed by atoms with van der Waals surface area (Å²) in [5, 5.41) is 6.38. The van der Waals surface area contributed by atoms with Gasteiger partial charge in [0.25, 0.3) is 5.92 Å². The van der Waals surface area contributed by atoms with Crippen LogP contribution in [0.15, 0.2) is 18.5 Å². The van der Waals surface area contributed by atoms with Crippen LogP contribution in [0.4, 0.5) is 26.7 Å². The molecule has 3 N–H and O–H groups in total. The molecular formula is C20H27F5N6O2. The Bertz CT molecular complexity index is 993. The van der Waals surface area contributed by atoms with E-state index in [2.05, 4.69) is 15.4 Å². The Kier molecular flexibility index (Phi) is 6.85. The number of methoxy groups -OCH3 is 1. The Morgan fingerprint density at radius 3 is 2.67 bits per heavy atom. The lowest BCUT2D eigenvalue weighted by Crippen LogP contribution is -2.58. The molecule has 1 aliphatic rings. The van der Waals surface area contributed by atoms with Gasteiger partial charge in [0.2, 0.25) is 0 Å². The lowest BCUT2D eigenvalue weighted by atomic mass is 9.85. The van der Waals surface area contributed by atoms with Crippen LogP contribution in [0.1, 0.15) is 50.0 Å². The van der Waals surface area contributed by atoms with Crippen molar-refractivity contribution in [3.8, 4) is 0 Å². The van der Waals surface area contributed by atoms with Crippen LogP contribution >= 0.6 is 0 Å². The molecule has 0 unspecified atom stereocenters. The topological polar surface area (TPSA) is 97.8 Å².